The minimum absolute atomic E-state index is 0.0360. The molecule has 3 atom stereocenters. The number of aromatic hydroxyl groups is 1. The molecule has 5 aromatic rings. The molecule has 0 radical (unpaired) electrons. The van der Waals surface area contributed by atoms with Crippen LogP contribution >= 0.6 is 11.6 Å². The van der Waals surface area contributed by atoms with Gasteiger partial charge in [0.25, 0.3) is 10.1 Å². The van der Waals surface area contributed by atoms with Gasteiger partial charge in [-0.2, -0.15) is 8.42 Å². The molecule has 0 bridgehead atoms. The lowest BCUT2D eigenvalue weighted by Crippen LogP contribution is -2.45. The molecule has 6 rings (SSSR count). The lowest BCUT2D eigenvalue weighted by Gasteiger charge is -2.38. The fourth-order valence-electron chi connectivity index (χ4n) is 5.95. The van der Waals surface area contributed by atoms with E-state index in [1.165, 1.54) is 0 Å². The van der Waals surface area contributed by atoms with E-state index in [0.717, 1.165) is 16.3 Å². The normalized spacial score (nSPS) is 19.5. The van der Waals surface area contributed by atoms with Crippen LogP contribution in [-0.4, -0.2) is 29.1 Å². The quantitative estimate of drug-likeness (QED) is 0.192. The summed E-state index contributed by atoms with van der Waals surface area (Å²) < 4.78 is 36.6. The lowest BCUT2D eigenvalue weighted by molar-refractivity contribution is 0.0897. The molecule has 0 heterocycles. The number of carbonyl (C=O) groups is 1. The summed E-state index contributed by atoms with van der Waals surface area (Å²) in [6, 6.07) is 28.6. The number of rotatable bonds is 4. The number of phenolic OH excluding ortho intramolecular Hbond substituents is 1. The van der Waals surface area contributed by atoms with Gasteiger partial charge in [-0.25, -0.2) is 0 Å². The van der Waals surface area contributed by atoms with E-state index in [1.54, 1.807) is 36.4 Å². The number of ketones is 1. The summed E-state index contributed by atoms with van der Waals surface area (Å²) in [5, 5.41) is 12.8. The van der Waals surface area contributed by atoms with Crippen LogP contribution in [-0.2, 0) is 16.5 Å². The first-order chi connectivity index (χ1) is 18.2. The van der Waals surface area contributed by atoms with Crippen LogP contribution in [0.25, 0.3) is 21.5 Å². The molecule has 0 saturated carbocycles. The van der Waals surface area contributed by atoms with E-state index in [0.29, 0.717) is 32.5 Å². The van der Waals surface area contributed by atoms with Crippen molar-refractivity contribution in [1.82, 2.24) is 0 Å². The second kappa shape index (κ2) is 9.24. The topological polar surface area (TPSA) is 91.7 Å². The zero-order chi connectivity index (χ0) is 26.6. The van der Waals surface area contributed by atoms with Crippen molar-refractivity contribution < 1.29 is 22.9 Å². The van der Waals surface area contributed by atoms with Crippen LogP contribution < -0.4 is 0 Å². The first-order valence-corrected chi connectivity index (χ1v) is 14.1. The van der Waals surface area contributed by atoms with E-state index in [4.69, 9.17) is 11.6 Å². The van der Waals surface area contributed by atoms with Crippen molar-refractivity contribution in [2.45, 2.75) is 17.6 Å². The molecule has 0 aromatic heterocycles. The molecule has 1 aliphatic carbocycles. The summed E-state index contributed by atoms with van der Waals surface area (Å²) in [7, 11) is -4.68. The Balaban J connectivity index is 1.69. The molecule has 0 spiro atoms. The Hall–Kier alpha value is -3.71. The van der Waals surface area contributed by atoms with Crippen molar-refractivity contribution in [3.05, 3.63) is 124 Å². The second-order valence-electron chi connectivity index (χ2n) is 9.74. The summed E-state index contributed by atoms with van der Waals surface area (Å²) in [4.78, 5) is 14.3. The highest BCUT2D eigenvalue weighted by atomic mass is 35.5. The van der Waals surface area contributed by atoms with Gasteiger partial charge in [-0.1, -0.05) is 90.5 Å². The van der Waals surface area contributed by atoms with Crippen LogP contribution in [0, 0.1) is 5.92 Å². The third kappa shape index (κ3) is 4.06. The van der Waals surface area contributed by atoms with Crippen LogP contribution in [0.1, 0.15) is 33.0 Å². The molecule has 5 aromatic carbocycles. The van der Waals surface area contributed by atoms with Crippen molar-refractivity contribution in [1.29, 1.82) is 0 Å². The predicted molar refractivity (Wildman–Crippen MR) is 150 cm³/mol. The average molecular weight is 543 g/mol. The molecular formula is C31H23ClO5S. The Bertz CT molecular complexity index is 1820. The molecule has 0 saturated heterocycles. The Morgan fingerprint density at radius 2 is 1.39 bits per heavy atom. The third-order valence-electron chi connectivity index (χ3n) is 7.57. The van der Waals surface area contributed by atoms with Gasteiger partial charge in [-0.15, -0.1) is 0 Å². The predicted octanol–water partition coefficient (Wildman–Crippen LogP) is 6.80. The average Bonchev–Trinajstić information content (AvgIpc) is 2.90. The number of halogens is 1. The summed E-state index contributed by atoms with van der Waals surface area (Å²) in [6.07, 6.45) is 0.129. The van der Waals surface area contributed by atoms with Gasteiger partial charge >= 0.3 is 0 Å². The van der Waals surface area contributed by atoms with Crippen molar-refractivity contribution in [3.63, 3.8) is 0 Å². The molecule has 5 nitrogen and oxygen atoms in total. The van der Waals surface area contributed by atoms with Gasteiger partial charge in [0.2, 0.25) is 0 Å². The van der Waals surface area contributed by atoms with Gasteiger partial charge in [0, 0.05) is 27.8 Å². The molecule has 2 N–H and O–H groups in total. The lowest BCUT2D eigenvalue weighted by atomic mass is 9.69. The van der Waals surface area contributed by atoms with Gasteiger partial charge in [-0.05, 0) is 57.5 Å². The summed E-state index contributed by atoms with van der Waals surface area (Å²) in [5.74, 6) is -2.23. The largest absolute Gasteiger partial charge is 0.507 e. The van der Waals surface area contributed by atoms with Crippen LogP contribution in [0.3, 0.4) is 0 Å². The smallest absolute Gasteiger partial charge is 0.269 e. The van der Waals surface area contributed by atoms with Crippen LogP contribution in [0.4, 0.5) is 0 Å². The molecule has 0 amide bonds. The Morgan fingerprint density at radius 1 is 0.763 bits per heavy atom. The monoisotopic (exact) mass is 542 g/mol. The van der Waals surface area contributed by atoms with Gasteiger partial charge in [0.05, 0.1) is 0 Å². The molecule has 38 heavy (non-hydrogen) atoms. The maximum absolute atomic E-state index is 14.3. The van der Waals surface area contributed by atoms with Gasteiger partial charge in [0.15, 0.2) is 5.78 Å². The Morgan fingerprint density at radius 3 is 2.08 bits per heavy atom. The van der Waals surface area contributed by atoms with Crippen LogP contribution in [0.2, 0.25) is 5.02 Å². The van der Waals surface area contributed by atoms with Crippen molar-refractivity contribution in [3.8, 4) is 5.75 Å². The van der Waals surface area contributed by atoms with E-state index in [2.05, 4.69) is 0 Å². The third-order valence-corrected chi connectivity index (χ3v) is 9.11. The maximum Gasteiger partial charge on any atom is 0.269 e. The fourth-order valence-corrected chi connectivity index (χ4v) is 7.36. The summed E-state index contributed by atoms with van der Waals surface area (Å²) in [6.45, 7) is 0. The highest BCUT2D eigenvalue weighted by molar-refractivity contribution is 7.86. The number of phenols is 1. The van der Waals surface area contributed by atoms with Crippen molar-refractivity contribution in [2.24, 2.45) is 5.92 Å². The maximum atomic E-state index is 14.3. The highest BCUT2D eigenvalue weighted by Gasteiger charge is 2.49. The zero-order valence-corrected chi connectivity index (χ0v) is 21.7. The van der Waals surface area contributed by atoms with E-state index < -0.39 is 27.2 Å². The second-order valence-corrected chi connectivity index (χ2v) is 11.7. The van der Waals surface area contributed by atoms with Gasteiger partial charge in [-0.3, -0.25) is 9.35 Å². The molecular weight excluding hydrogens is 520 g/mol. The van der Waals surface area contributed by atoms with E-state index >= 15 is 0 Å². The standard InChI is InChI=1S/C31H23ClO5S/c32-20-12-10-19(11-13-20)28-24-15-14-22-21-8-4-5-9-23(21)27(33)17-25(22)29(24)30(34)26(31(28)38(35,36)37)16-18-6-2-1-3-7-18/h1-15,17,26,28,31,33H,16H2,(H,35,36,37). The summed E-state index contributed by atoms with van der Waals surface area (Å²) in [5.41, 5.74) is 2.26. The van der Waals surface area contributed by atoms with Gasteiger partial charge < -0.3 is 5.11 Å². The highest BCUT2D eigenvalue weighted by Crippen LogP contribution is 2.47. The number of fused-ring (bicyclic) bond motifs is 5. The molecule has 0 aliphatic heterocycles. The van der Waals surface area contributed by atoms with Crippen LogP contribution in [0.15, 0.2) is 97.1 Å². The zero-order valence-electron chi connectivity index (χ0n) is 20.1. The number of benzene rings is 5. The molecule has 0 fully saturated rings. The number of hydrogen-bond acceptors (Lipinski definition) is 4. The molecule has 3 unspecified atom stereocenters. The minimum atomic E-state index is -4.68. The summed E-state index contributed by atoms with van der Waals surface area (Å²) >= 11 is 6.14. The Labute approximate surface area is 225 Å². The Kier molecular flexibility index (Phi) is 5.99. The first-order valence-electron chi connectivity index (χ1n) is 12.2. The number of Topliss-reactive ketones (excluding diaryl/α,β-unsaturated/α-hetero) is 1. The number of hydrogen-bond donors (Lipinski definition) is 2. The van der Waals surface area contributed by atoms with Gasteiger partial charge in [0.1, 0.15) is 11.0 Å². The van der Waals surface area contributed by atoms with Crippen molar-refractivity contribution >= 4 is 49.0 Å². The first kappa shape index (κ1) is 24.6. The van der Waals surface area contributed by atoms with Crippen molar-refractivity contribution in [2.75, 3.05) is 0 Å². The molecule has 1 aliphatic rings. The van der Waals surface area contributed by atoms with E-state index in [-0.39, 0.29) is 18.0 Å². The van der Waals surface area contributed by atoms with Crippen LogP contribution in [0.5, 0.6) is 5.75 Å². The fraction of sp³-hybridized carbons (Fsp3) is 0.129. The van der Waals surface area contributed by atoms with E-state index in [1.807, 2.05) is 60.7 Å². The van der Waals surface area contributed by atoms with E-state index in [9.17, 15) is 22.9 Å². The number of carbonyl (C=O) groups excluding carboxylic acids is 1. The molecule has 7 heteroatoms. The minimum Gasteiger partial charge on any atom is -0.507 e. The SMILES string of the molecule is O=C1c2c(ccc3c2cc(O)c2ccccc23)C(c2ccc(Cl)cc2)C(S(=O)(=O)O)C1Cc1ccccc1. The molecule has 190 valence electrons.